The molecule has 0 radical (unpaired) electrons. The van der Waals surface area contributed by atoms with Gasteiger partial charge in [0.05, 0.1) is 18.1 Å². The number of hydrogen-bond acceptors (Lipinski definition) is 8. The van der Waals surface area contributed by atoms with Crippen LogP contribution >= 0.6 is 0 Å². The molecule has 3 aliphatic heterocycles. The Morgan fingerprint density at radius 1 is 1.00 bits per heavy atom. The van der Waals surface area contributed by atoms with E-state index in [4.69, 9.17) is 16.2 Å². The molecular weight excluding hydrogens is 644 g/mol. The standard InChI is InChI=1S/C38H47N10O3/c1-26(2)51-33-12-7-28(22-43-33)35(40)31-21-30(10-11-32(31)39)48-16-14-38(37(48)50)13-4-15-45(24-38)23-34(49)47-19-17-46(18-20-47)29-8-5-27(6-9-29)36(41)44-25-42-3/h5-12,21-22,25-26H,4,13-20,23-24,39H2,1-3H3,(H2,41,42,44)/q-1/t38-/m0/s1. The number of nitrogens with two attached hydrogens (primary N) is 2. The van der Waals surface area contributed by atoms with Gasteiger partial charge in [-0.1, -0.05) is 0 Å². The molecule has 4 N–H and O–H groups in total. The quantitative estimate of drug-likeness (QED) is 0.185. The Morgan fingerprint density at radius 2 is 1.73 bits per heavy atom. The van der Waals surface area contributed by atoms with E-state index in [1.165, 1.54) is 6.34 Å². The van der Waals surface area contributed by atoms with Gasteiger partial charge in [0.25, 0.3) is 0 Å². The van der Waals surface area contributed by atoms with Crippen LogP contribution in [-0.4, -0.2) is 110 Å². The molecular formula is C38H47N10O3-. The van der Waals surface area contributed by atoms with Gasteiger partial charge in [0, 0.05) is 81.2 Å². The highest BCUT2D eigenvalue weighted by atomic mass is 16.5. The van der Waals surface area contributed by atoms with E-state index in [1.54, 1.807) is 42.4 Å². The summed E-state index contributed by atoms with van der Waals surface area (Å²) in [6, 6.07) is 16.7. The molecule has 1 aromatic heterocycles. The minimum absolute atomic E-state index is 0.0163. The molecule has 3 fully saturated rings. The summed E-state index contributed by atoms with van der Waals surface area (Å²) in [5.41, 5.74) is 15.7. The zero-order valence-corrected chi connectivity index (χ0v) is 29.7. The number of nitrogen functional groups attached to an aromatic ring is 1. The molecule has 3 aromatic rings. The Bertz CT molecular complexity index is 1800. The minimum Gasteiger partial charge on any atom is -0.803 e. The number of amides is 2. The Kier molecular flexibility index (Phi) is 10.7. The van der Waals surface area contributed by atoms with Gasteiger partial charge in [-0.25, -0.2) is 9.98 Å². The maximum atomic E-state index is 14.1. The van der Waals surface area contributed by atoms with Gasteiger partial charge in [-0.3, -0.25) is 19.5 Å². The molecule has 0 aliphatic carbocycles. The van der Waals surface area contributed by atoms with Crippen molar-refractivity contribution in [2.24, 2.45) is 21.1 Å². The first-order valence-corrected chi connectivity index (χ1v) is 17.6. The van der Waals surface area contributed by atoms with Crippen LogP contribution in [0, 0.1) is 5.41 Å². The molecule has 4 heterocycles. The van der Waals surface area contributed by atoms with Crippen molar-refractivity contribution in [3.05, 3.63) is 82.9 Å². The lowest BCUT2D eigenvalue weighted by molar-refractivity contribution is -0.136. The van der Waals surface area contributed by atoms with E-state index >= 15 is 0 Å². The molecule has 0 saturated carbocycles. The highest BCUT2D eigenvalue weighted by Gasteiger charge is 2.49. The number of piperidine rings is 1. The molecule has 13 heteroatoms. The number of ether oxygens (including phenoxy) is 1. The van der Waals surface area contributed by atoms with E-state index in [2.05, 4.69) is 24.8 Å². The highest BCUT2D eigenvalue weighted by Crippen LogP contribution is 2.42. The molecule has 2 amide bonds. The first-order chi connectivity index (χ1) is 24.6. The predicted octanol–water partition coefficient (Wildman–Crippen LogP) is 3.39. The minimum atomic E-state index is -0.551. The van der Waals surface area contributed by atoms with Crippen molar-refractivity contribution in [2.75, 3.05) is 74.9 Å². The summed E-state index contributed by atoms with van der Waals surface area (Å²) in [7, 11) is 1.65. The van der Waals surface area contributed by atoms with E-state index in [9.17, 15) is 15.0 Å². The third-order valence-corrected chi connectivity index (χ3v) is 9.97. The summed E-state index contributed by atoms with van der Waals surface area (Å²) in [6.45, 7) is 8.78. The Balaban J connectivity index is 1.05. The van der Waals surface area contributed by atoms with E-state index < -0.39 is 5.41 Å². The summed E-state index contributed by atoms with van der Waals surface area (Å²) in [5.74, 6) is 1.03. The number of benzene rings is 2. The lowest BCUT2D eigenvalue weighted by Crippen LogP contribution is -2.54. The second-order valence-electron chi connectivity index (χ2n) is 13.8. The Labute approximate surface area is 299 Å². The molecule has 1 spiro atoms. The van der Waals surface area contributed by atoms with Crippen molar-refractivity contribution in [3.8, 4) is 5.88 Å². The van der Waals surface area contributed by atoms with Gasteiger partial charge < -0.3 is 36.3 Å². The van der Waals surface area contributed by atoms with E-state index in [0.717, 1.165) is 43.7 Å². The van der Waals surface area contributed by atoms with E-state index in [0.29, 0.717) is 73.4 Å². The summed E-state index contributed by atoms with van der Waals surface area (Å²) >= 11 is 0. The van der Waals surface area contributed by atoms with Crippen molar-refractivity contribution in [1.82, 2.24) is 14.8 Å². The molecule has 0 bridgehead atoms. The maximum absolute atomic E-state index is 14.1. The van der Waals surface area contributed by atoms with Crippen LogP contribution in [0.25, 0.3) is 5.41 Å². The van der Waals surface area contributed by atoms with Crippen molar-refractivity contribution in [3.63, 3.8) is 0 Å². The molecule has 3 aliphatic rings. The summed E-state index contributed by atoms with van der Waals surface area (Å²) in [6.07, 6.45) is 5.29. The van der Waals surface area contributed by atoms with Crippen LogP contribution in [0.1, 0.15) is 49.8 Å². The molecule has 268 valence electrons. The lowest BCUT2D eigenvalue weighted by Gasteiger charge is -2.41. The van der Waals surface area contributed by atoms with Crippen LogP contribution in [0.15, 0.2) is 70.8 Å². The molecule has 51 heavy (non-hydrogen) atoms. The molecule has 2 aromatic carbocycles. The average Bonchev–Trinajstić information content (AvgIpc) is 3.44. The average molecular weight is 692 g/mol. The van der Waals surface area contributed by atoms with Crippen LogP contribution in [0.2, 0.25) is 0 Å². The number of hydrogen-bond donors (Lipinski definition) is 2. The van der Waals surface area contributed by atoms with Gasteiger partial charge in [-0.05, 0) is 99.3 Å². The smallest absolute Gasteiger partial charge is 0.236 e. The third-order valence-electron chi connectivity index (χ3n) is 9.97. The van der Waals surface area contributed by atoms with Crippen molar-refractivity contribution >= 4 is 46.8 Å². The van der Waals surface area contributed by atoms with Crippen LogP contribution in [0.4, 0.5) is 17.1 Å². The van der Waals surface area contributed by atoms with E-state index in [-0.39, 0.29) is 23.6 Å². The number of likely N-dealkylation sites (tertiary alicyclic amines) is 1. The number of piperazine rings is 1. The maximum Gasteiger partial charge on any atom is 0.236 e. The van der Waals surface area contributed by atoms with Gasteiger partial charge >= 0.3 is 0 Å². The van der Waals surface area contributed by atoms with Gasteiger partial charge in [-0.15, -0.1) is 5.71 Å². The fourth-order valence-electron chi connectivity index (χ4n) is 7.25. The van der Waals surface area contributed by atoms with Gasteiger partial charge in [0.2, 0.25) is 17.7 Å². The van der Waals surface area contributed by atoms with Gasteiger partial charge in [-0.2, -0.15) is 0 Å². The van der Waals surface area contributed by atoms with Crippen molar-refractivity contribution in [1.29, 1.82) is 0 Å². The monoisotopic (exact) mass is 691 g/mol. The highest BCUT2D eigenvalue weighted by molar-refractivity contribution is 6.18. The predicted molar refractivity (Wildman–Crippen MR) is 203 cm³/mol. The van der Waals surface area contributed by atoms with Crippen LogP contribution < -0.4 is 26.0 Å². The molecule has 3 saturated heterocycles. The fourth-order valence-corrected chi connectivity index (χ4v) is 7.25. The zero-order valence-electron chi connectivity index (χ0n) is 29.7. The number of aromatic nitrogens is 1. The van der Waals surface area contributed by atoms with Crippen LogP contribution in [-0.2, 0) is 9.59 Å². The Hall–Kier alpha value is -5.30. The lowest BCUT2D eigenvalue weighted by atomic mass is 9.78. The second-order valence-corrected chi connectivity index (χ2v) is 13.8. The normalized spacial score (nSPS) is 20.2. The third kappa shape index (κ3) is 7.88. The summed E-state index contributed by atoms with van der Waals surface area (Å²) in [5, 5.41) is 11.2. The Morgan fingerprint density at radius 3 is 2.41 bits per heavy atom. The number of anilines is 3. The largest absolute Gasteiger partial charge is 0.803 e. The topological polar surface area (TPSA) is 168 Å². The molecule has 0 unspecified atom stereocenters. The molecule has 13 nitrogen and oxygen atoms in total. The zero-order chi connectivity index (χ0) is 36.1. The second kappa shape index (κ2) is 15.3. The SMILES string of the molecule is CN=CN=C(N)c1ccc(N2CCN(C(=O)CN3CCC[C@]4(CCN(c5ccc(N)c(C(=[N-])c6ccc(OC(C)C)nc6)c5)C4=O)C3)CC2)cc1. The van der Waals surface area contributed by atoms with Crippen LogP contribution in [0.3, 0.4) is 0 Å². The number of rotatable bonds is 10. The van der Waals surface area contributed by atoms with E-state index in [1.807, 2.05) is 49.1 Å². The summed E-state index contributed by atoms with van der Waals surface area (Å²) < 4.78 is 5.62. The number of carbonyl (C=O) groups excluding carboxylic acids is 2. The number of pyridine rings is 1. The number of nitrogens with zero attached hydrogens (tertiary/aromatic N) is 8. The van der Waals surface area contributed by atoms with Gasteiger partial charge in [0.1, 0.15) is 12.2 Å². The van der Waals surface area contributed by atoms with Crippen molar-refractivity contribution in [2.45, 2.75) is 39.2 Å². The van der Waals surface area contributed by atoms with Crippen LogP contribution in [0.5, 0.6) is 5.88 Å². The fraction of sp³-hybridized carbons (Fsp3) is 0.421. The first-order valence-electron chi connectivity index (χ1n) is 17.6. The number of carbonyl (C=O) groups is 2. The van der Waals surface area contributed by atoms with Gasteiger partial charge in [0.15, 0.2) is 0 Å². The molecule has 6 rings (SSSR count). The number of amidine groups is 1. The molecule has 1 atom stereocenters. The summed E-state index contributed by atoms with van der Waals surface area (Å²) in [4.78, 5) is 48.0. The first kappa shape index (κ1) is 35.5. The van der Waals surface area contributed by atoms with Crippen molar-refractivity contribution < 1.29 is 14.3 Å². The number of aliphatic imine (C=N–C) groups is 2.